The predicted molar refractivity (Wildman–Crippen MR) is 128 cm³/mol. The van der Waals surface area contributed by atoms with Gasteiger partial charge in [-0.15, -0.1) is 0 Å². The molecule has 1 aromatic carbocycles. The van der Waals surface area contributed by atoms with E-state index in [4.69, 9.17) is 9.47 Å². The number of methoxy groups -OCH3 is 1. The Kier molecular flexibility index (Phi) is 8.78. The third-order valence-electron chi connectivity index (χ3n) is 5.69. The monoisotopic (exact) mass is 469 g/mol. The van der Waals surface area contributed by atoms with Crippen molar-refractivity contribution in [2.75, 3.05) is 25.6 Å². The van der Waals surface area contributed by atoms with E-state index < -0.39 is 0 Å². The molecule has 0 aliphatic carbocycles. The number of carbonyl (C=O) groups is 3. The van der Waals surface area contributed by atoms with Gasteiger partial charge in [0.1, 0.15) is 0 Å². The second-order valence-corrected chi connectivity index (χ2v) is 8.19. The number of ether oxygens (including phenoxy) is 2. The second-order valence-electron chi connectivity index (χ2n) is 8.19. The van der Waals surface area contributed by atoms with Gasteiger partial charge in [-0.1, -0.05) is 0 Å². The Morgan fingerprint density at radius 1 is 1.29 bits per heavy atom. The number of hydrogen-bond acceptors (Lipinski definition) is 7. The molecule has 0 radical (unpaired) electrons. The molecule has 3 rings (SSSR count). The molecule has 10 heteroatoms. The molecule has 10 nitrogen and oxygen atoms in total. The van der Waals surface area contributed by atoms with Crippen LogP contribution in [-0.2, 0) is 16.6 Å². The van der Waals surface area contributed by atoms with Crippen LogP contribution in [0.25, 0.3) is 0 Å². The molecule has 0 bridgehead atoms. The van der Waals surface area contributed by atoms with Gasteiger partial charge in [0.15, 0.2) is 29.4 Å². The highest BCUT2D eigenvalue weighted by molar-refractivity contribution is 5.90. The Morgan fingerprint density at radius 2 is 2.12 bits per heavy atom. The van der Waals surface area contributed by atoms with Crippen molar-refractivity contribution < 1.29 is 23.9 Å². The first kappa shape index (κ1) is 24.9. The first-order valence-corrected chi connectivity index (χ1v) is 11.3. The van der Waals surface area contributed by atoms with Crippen LogP contribution in [0.15, 0.2) is 23.3 Å². The maximum atomic E-state index is 12.2. The summed E-state index contributed by atoms with van der Waals surface area (Å²) in [5.41, 5.74) is 1.67. The van der Waals surface area contributed by atoms with Crippen molar-refractivity contribution >= 4 is 36.3 Å². The van der Waals surface area contributed by atoms with Crippen LogP contribution in [0.4, 0.5) is 11.5 Å². The van der Waals surface area contributed by atoms with Crippen molar-refractivity contribution in [1.82, 2.24) is 14.5 Å². The minimum Gasteiger partial charge on any atom is -0.493 e. The van der Waals surface area contributed by atoms with Gasteiger partial charge in [-0.05, 0) is 44.2 Å². The molecule has 2 amide bonds. The third-order valence-corrected chi connectivity index (χ3v) is 5.69. The second kappa shape index (κ2) is 12.0. The van der Waals surface area contributed by atoms with Crippen molar-refractivity contribution in [2.24, 2.45) is 12.0 Å². The fourth-order valence-corrected chi connectivity index (χ4v) is 3.77. The van der Waals surface area contributed by atoms with Gasteiger partial charge in [0, 0.05) is 38.5 Å². The topological polar surface area (TPSA) is 115 Å². The van der Waals surface area contributed by atoms with Crippen LogP contribution in [0.1, 0.15) is 48.3 Å². The Bertz CT molecular complexity index is 1050. The zero-order valence-corrected chi connectivity index (χ0v) is 19.8. The van der Waals surface area contributed by atoms with Crippen LogP contribution < -0.4 is 14.8 Å². The number of rotatable bonds is 11. The standard InChI is InChI=1S/C24H31N5O5/c1-17-11-20(33-3)21(12-19(17)25-13-18-7-4-5-9-29(18)16-31)34-10-6-8-24(32)27-22-14-28(2)23(15-30)26-22/h11-16,18H,4-10H2,1-3H3,(H,27,32)/t18-/m1/s1. The van der Waals surface area contributed by atoms with E-state index in [0.29, 0.717) is 36.6 Å². The molecule has 1 N–H and O–H groups in total. The molecule has 1 aliphatic rings. The van der Waals surface area contributed by atoms with Crippen LogP contribution >= 0.6 is 0 Å². The number of piperidine rings is 1. The van der Waals surface area contributed by atoms with Crippen LogP contribution in [0.3, 0.4) is 0 Å². The minimum absolute atomic E-state index is 0.00246. The van der Waals surface area contributed by atoms with Crippen molar-refractivity contribution in [2.45, 2.75) is 45.1 Å². The zero-order valence-electron chi connectivity index (χ0n) is 19.8. The lowest BCUT2D eigenvalue weighted by Gasteiger charge is -2.29. The molecule has 2 heterocycles. The number of imidazole rings is 1. The number of anilines is 1. The highest BCUT2D eigenvalue weighted by Crippen LogP contribution is 2.35. The summed E-state index contributed by atoms with van der Waals surface area (Å²) in [7, 11) is 3.25. The molecule has 0 saturated carbocycles. The van der Waals surface area contributed by atoms with E-state index in [1.807, 2.05) is 25.3 Å². The molecular formula is C24H31N5O5. The van der Waals surface area contributed by atoms with Crippen molar-refractivity contribution in [3.63, 3.8) is 0 Å². The predicted octanol–water partition coefficient (Wildman–Crippen LogP) is 3.06. The summed E-state index contributed by atoms with van der Waals surface area (Å²) >= 11 is 0. The summed E-state index contributed by atoms with van der Waals surface area (Å²) in [6.07, 6.45) is 8.62. The van der Waals surface area contributed by atoms with E-state index >= 15 is 0 Å². The average Bonchev–Trinajstić information content (AvgIpc) is 3.20. The molecule has 1 atom stereocenters. The summed E-state index contributed by atoms with van der Waals surface area (Å²) in [5.74, 6) is 1.49. The molecular weight excluding hydrogens is 438 g/mol. The maximum absolute atomic E-state index is 12.2. The molecule has 182 valence electrons. The lowest BCUT2D eigenvalue weighted by molar-refractivity contribution is -0.120. The van der Waals surface area contributed by atoms with E-state index in [-0.39, 0.29) is 24.2 Å². The van der Waals surface area contributed by atoms with Crippen LogP contribution in [0.5, 0.6) is 11.5 Å². The van der Waals surface area contributed by atoms with Gasteiger partial charge >= 0.3 is 0 Å². The molecule has 1 aromatic heterocycles. The smallest absolute Gasteiger partial charge is 0.225 e. The van der Waals surface area contributed by atoms with Crippen molar-refractivity contribution in [3.8, 4) is 11.5 Å². The fraction of sp³-hybridized carbons (Fsp3) is 0.458. The number of aromatic nitrogens is 2. The van der Waals surface area contributed by atoms with Gasteiger partial charge in [0.2, 0.25) is 12.3 Å². The van der Waals surface area contributed by atoms with Crippen molar-refractivity contribution in [3.05, 3.63) is 29.7 Å². The Labute approximate surface area is 199 Å². The number of benzene rings is 1. The minimum atomic E-state index is -0.215. The van der Waals surface area contributed by atoms with Crippen molar-refractivity contribution in [1.29, 1.82) is 0 Å². The average molecular weight is 470 g/mol. The zero-order chi connectivity index (χ0) is 24.5. The van der Waals surface area contributed by atoms with Gasteiger partial charge < -0.3 is 24.3 Å². The summed E-state index contributed by atoms with van der Waals surface area (Å²) in [6, 6.07) is 3.67. The number of amides is 2. The normalized spacial score (nSPS) is 15.9. The number of hydrogen-bond donors (Lipinski definition) is 1. The van der Waals surface area contributed by atoms with E-state index in [1.165, 1.54) is 0 Å². The number of aryl methyl sites for hydroxylation is 2. The molecule has 1 saturated heterocycles. The molecule has 1 fully saturated rings. The van der Waals surface area contributed by atoms with Gasteiger partial charge in [0.25, 0.3) is 0 Å². The Hall–Kier alpha value is -3.69. The van der Waals surface area contributed by atoms with Crippen LogP contribution in [-0.4, -0.2) is 65.6 Å². The van der Waals surface area contributed by atoms with Gasteiger partial charge in [0.05, 0.1) is 25.4 Å². The quantitative estimate of drug-likeness (QED) is 0.307. The van der Waals surface area contributed by atoms with Gasteiger partial charge in [-0.3, -0.25) is 19.4 Å². The highest BCUT2D eigenvalue weighted by Gasteiger charge is 2.19. The SMILES string of the molecule is COc1cc(C)c(N=C[C@H]2CCCCN2C=O)cc1OCCCC(=O)Nc1cn(C)c(C=O)n1. The van der Waals surface area contributed by atoms with E-state index in [1.54, 1.807) is 29.8 Å². The Morgan fingerprint density at radius 3 is 2.82 bits per heavy atom. The number of aldehydes is 1. The number of nitrogens with zero attached hydrogens (tertiary/aromatic N) is 4. The molecule has 1 aliphatic heterocycles. The highest BCUT2D eigenvalue weighted by atomic mass is 16.5. The van der Waals surface area contributed by atoms with Gasteiger partial charge in [-0.25, -0.2) is 4.98 Å². The summed E-state index contributed by atoms with van der Waals surface area (Å²) in [4.78, 5) is 44.8. The van der Waals surface area contributed by atoms with E-state index in [9.17, 15) is 14.4 Å². The molecule has 0 spiro atoms. The van der Waals surface area contributed by atoms with Gasteiger partial charge in [-0.2, -0.15) is 0 Å². The number of nitrogens with one attached hydrogen (secondary N) is 1. The largest absolute Gasteiger partial charge is 0.493 e. The van der Waals surface area contributed by atoms with Crippen LogP contribution in [0, 0.1) is 6.92 Å². The lowest BCUT2D eigenvalue weighted by atomic mass is 10.0. The summed E-state index contributed by atoms with van der Waals surface area (Å²) in [5, 5.41) is 2.67. The van der Waals surface area contributed by atoms with Crippen LogP contribution in [0.2, 0.25) is 0 Å². The molecule has 2 aromatic rings. The number of aliphatic imine (C=N–C) groups is 1. The first-order valence-electron chi connectivity index (χ1n) is 11.3. The van der Waals surface area contributed by atoms with E-state index in [0.717, 1.165) is 43.5 Å². The number of likely N-dealkylation sites (tertiary alicyclic amines) is 1. The molecule has 0 unspecified atom stereocenters. The third kappa shape index (κ3) is 6.43. The van der Waals surface area contributed by atoms with E-state index in [2.05, 4.69) is 15.3 Å². The lowest BCUT2D eigenvalue weighted by Crippen LogP contribution is -2.39. The Balaban J connectivity index is 1.57. The summed E-state index contributed by atoms with van der Waals surface area (Å²) < 4.78 is 12.9. The molecule has 34 heavy (non-hydrogen) atoms. The summed E-state index contributed by atoms with van der Waals surface area (Å²) in [6.45, 7) is 3.00. The number of carbonyl (C=O) groups excluding carboxylic acids is 3. The fourth-order valence-electron chi connectivity index (χ4n) is 3.77. The first-order chi connectivity index (χ1) is 16.4. The maximum Gasteiger partial charge on any atom is 0.225 e.